The van der Waals surface area contributed by atoms with Gasteiger partial charge in [0.25, 0.3) is 0 Å². The zero-order chi connectivity index (χ0) is 43.2. The van der Waals surface area contributed by atoms with E-state index in [9.17, 15) is 25.3 Å². The van der Waals surface area contributed by atoms with Gasteiger partial charge in [0.1, 0.15) is 29.5 Å². The fourth-order valence-electron chi connectivity index (χ4n) is 6.92. The van der Waals surface area contributed by atoms with Gasteiger partial charge in [-0.2, -0.15) is 0 Å². The highest BCUT2D eigenvalue weighted by molar-refractivity contribution is 7.91. The van der Waals surface area contributed by atoms with E-state index >= 15 is 0 Å². The van der Waals surface area contributed by atoms with Gasteiger partial charge in [0.05, 0.1) is 34.5 Å². The van der Waals surface area contributed by atoms with Crippen LogP contribution in [0.2, 0.25) is 0 Å². The van der Waals surface area contributed by atoms with Crippen molar-refractivity contribution in [2.24, 2.45) is 0 Å². The Hall–Kier alpha value is -0.150. The molecule has 0 unspecified atom stereocenters. The molecule has 0 rings (SSSR count). The quantitative estimate of drug-likeness (QED) is 0.0566. The van der Waals surface area contributed by atoms with Crippen molar-refractivity contribution in [3.05, 3.63) is 0 Å². The summed E-state index contributed by atoms with van der Waals surface area (Å²) in [5.74, 6) is 2.44. The fraction of sp³-hybridized carbons (Fsp3) is 1.00. The number of unbranched alkanes of at least 4 members (excludes halogenated alkanes) is 30. The van der Waals surface area contributed by atoms with Crippen molar-refractivity contribution in [1.82, 2.24) is 0 Å². The third-order valence-corrected chi connectivity index (χ3v) is 16.3. The van der Waals surface area contributed by atoms with E-state index in [4.69, 9.17) is 0 Å². The first kappa shape index (κ1) is 61.2. The van der Waals surface area contributed by atoms with Gasteiger partial charge >= 0.3 is 0 Å². The SMILES string of the molecule is CCCCCCCCCCCS(=O)(=O)CCCCCCCCCCC.CCCCCCCCS(=O)(=O)CCCCCCCC.CCCCCS(=O)(=O)CCCCC. The maximum atomic E-state index is 12.0. The topological polar surface area (TPSA) is 102 Å². The average molecular weight is 872 g/mol. The highest BCUT2D eigenvalue weighted by Gasteiger charge is 2.11. The second kappa shape index (κ2) is 46.9. The Kier molecular flexibility index (Phi) is 50.3. The van der Waals surface area contributed by atoms with Gasteiger partial charge in [-0.15, -0.1) is 0 Å². The molecule has 0 aliphatic heterocycles. The van der Waals surface area contributed by atoms with Crippen LogP contribution in [0.3, 0.4) is 0 Å². The number of rotatable bonds is 42. The van der Waals surface area contributed by atoms with Crippen LogP contribution in [0.1, 0.15) is 273 Å². The van der Waals surface area contributed by atoms with Gasteiger partial charge in [0, 0.05) is 0 Å². The molecule has 0 aliphatic carbocycles. The molecular weight excluding hydrogens is 769 g/mol. The summed E-state index contributed by atoms with van der Waals surface area (Å²) in [6.45, 7) is 13.1. The van der Waals surface area contributed by atoms with Crippen LogP contribution in [0.25, 0.3) is 0 Å². The van der Waals surface area contributed by atoms with Gasteiger partial charge in [-0.3, -0.25) is 0 Å². The van der Waals surface area contributed by atoms with Crippen molar-refractivity contribution in [2.75, 3.05) is 34.5 Å². The summed E-state index contributed by atoms with van der Waals surface area (Å²) >= 11 is 0. The summed E-state index contributed by atoms with van der Waals surface area (Å²) in [5, 5.41) is 0. The van der Waals surface area contributed by atoms with Gasteiger partial charge < -0.3 is 0 Å². The lowest BCUT2D eigenvalue weighted by Gasteiger charge is -2.05. The molecule has 6 nitrogen and oxygen atoms in total. The van der Waals surface area contributed by atoms with E-state index in [1.165, 1.54) is 141 Å². The van der Waals surface area contributed by atoms with E-state index in [2.05, 4.69) is 41.5 Å². The van der Waals surface area contributed by atoms with Crippen LogP contribution in [0, 0.1) is 0 Å². The summed E-state index contributed by atoms with van der Waals surface area (Å²) in [6.07, 6.45) is 42.1. The Bertz CT molecular complexity index is 1020. The zero-order valence-electron chi connectivity index (χ0n) is 39.4. The van der Waals surface area contributed by atoms with Crippen LogP contribution < -0.4 is 0 Å². The number of sulfone groups is 3. The number of hydrogen-bond acceptors (Lipinski definition) is 6. The van der Waals surface area contributed by atoms with Gasteiger partial charge in [-0.05, 0) is 38.5 Å². The minimum absolute atomic E-state index is 0.393. The van der Waals surface area contributed by atoms with Crippen molar-refractivity contribution in [3.8, 4) is 0 Å². The first-order valence-electron chi connectivity index (χ1n) is 25.0. The monoisotopic (exact) mass is 871 g/mol. The lowest BCUT2D eigenvalue weighted by Crippen LogP contribution is -2.11. The molecule has 0 saturated carbocycles. The molecule has 348 valence electrons. The minimum atomic E-state index is -2.79. The highest BCUT2D eigenvalue weighted by atomic mass is 32.2. The van der Waals surface area contributed by atoms with Crippen molar-refractivity contribution in [3.63, 3.8) is 0 Å². The summed E-state index contributed by atoms with van der Waals surface area (Å²) in [5.41, 5.74) is 0. The van der Waals surface area contributed by atoms with E-state index in [0.29, 0.717) is 34.5 Å². The summed E-state index contributed by atoms with van der Waals surface area (Å²) in [6, 6.07) is 0. The molecule has 0 atom stereocenters. The predicted octanol–water partition coefficient (Wildman–Crippen LogP) is 15.4. The standard InChI is InChI=1S/C22H46O2S.C16H34O2S.C10H22O2S/c1-3-5-7-9-11-13-15-17-19-21-25(23,24)22-20-18-16-14-12-10-8-6-4-2;1-3-5-7-9-11-13-15-19(17,18)16-14-12-10-8-6-4-2;1-3-5-7-9-13(11,12)10-8-6-4-2/h3-22H2,1-2H3;3-16H2,1-2H3;3-10H2,1-2H3. The second-order valence-corrected chi connectivity index (χ2v) is 24.0. The van der Waals surface area contributed by atoms with E-state index in [-0.39, 0.29) is 0 Å². The molecule has 0 aliphatic rings. The zero-order valence-corrected chi connectivity index (χ0v) is 41.8. The van der Waals surface area contributed by atoms with Crippen LogP contribution in [-0.4, -0.2) is 59.8 Å². The Balaban J connectivity index is -0.000000808. The molecule has 0 heterocycles. The molecular formula is C48H102O6S3. The molecule has 0 aromatic rings. The van der Waals surface area contributed by atoms with Crippen LogP contribution in [-0.2, 0) is 29.5 Å². The Morgan fingerprint density at radius 3 is 0.439 bits per heavy atom. The van der Waals surface area contributed by atoms with Crippen molar-refractivity contribution in [2.45, 2.75) is 273 Å². The Morgan fingerprint density at radius 1 is 0.175 bits per heavy atom. The Labute approximate surface area is 360 Å². The van der Waals surface area contributed by atoms with Gasteiger partial charge in [-0.1, -0.05) is 234 Å². The maximum Gasteiger partial charge on any atom is 0.150 e. The van der Waals surface area contributed by atoms with Crippen LogP contribution in [0.5, 0.6) is 0 Å². The first-order chi connectivity index (χ1) is 27.4. The smallest absolute Gasteiger partial charge is 0.150 e. The third kappa shape index (κ3) is 55.8. The maximum absolute atomic E-state index is 12.0. The van der Waals surface area contributed by atoms with Crippen molar-refractivity contribution in [1.29, 1.82) is 0 Å². The summed E-state index contributed by atoms with van der Waals surface area (Å²) < 4.78 is 70.5. The molecule has 0 fully saturated rings. The Morgan fingerprint density at radius 2 is 0.281 bits per heavy atom. The van der Waals surface area contributed by atoms with E-state index in [1.807, 2.05) is 0 Å². The van der Waals surface area contributed by atoms with Crippen LogP contribution in [0.4, 0.5) is 0 Å². The summed E-state index contributed by atoms with van der Waals surface area (Å²) in [4.78, 5) is 0. The van der Waals surface area contributed by atoms with E-state index in [1.54, 1.807) is 0 Å². The molecule has 0 saturated heterocycles. The molecule has 9 heteroatoms. The second-order valence-electron chi connectivity index (χ2n) is 17.1. The first-order valence-corrected chi connectivity index (χ1v) is 30.4. The molecule has 0 aromatic heterocycles. The van der Waals surface area contributed by atoms with Gasteiger partial charge in [-0.25, -0.2) is 25.3 Å². The molecule has 0 N–H and O–H groups in total. The molecule has 0 radical (unpaired) electrons. The van der Waals surface area contributed by atoms with Crippen LogP contribution in [0.15, 0.2) is 0 Å². The molecule has 0 bridgehead atoms. The van der Waals surface area contributed by atoms with Crippen molar-refractivity contribution < 1.29 is 25.3 Å². The third-order valence-electron chi connectivity index (χ3n) is 10.9. The number of hydrogen-bond donors (Lipinski definition) is 0. The van der Waals surface area contributed by atoms with Gasteiger partial charge in [0.15, 0.2) is 0 Å². The molecule has 57 heavy (non-hydrogen) atoms. The normalized spacial score (nSPS) is 11.9. The van der Waals surface area contributed by atoms with Gasteiger partial charge in [0.2, 0.25) is 0 Å². The van der Waals surface area contributed by atoms with E-state index < -0.39 is 29.5 Å². The fourth-order valence-corrected chi connectivity index (χ4v) is 11.4. The van der Waals surface area contributed by atoms with Crippen LogP contribution >= 0.6 is 0 Å². The van der Waals surface area contributed by atoms with Crippen molar-refractivity contribution >= 4 is 29.5 Å². The molecule has 0 spiro atoms. The largest absolute Gasteiger partial charge is 0.229 e. The lowest BCUT2D eigenvalue weighted by atomic mass is 10.1. The molecule has 0 amide bonds. The summed E-state index contributed by atoms with van der Waals surface area (Å²) in [7, 11) is -8.28. The average Bonchev–Trinajstić information content (AvgIpc) is 3.17. The highest BCUT2D eigenvalue weighted by Crippen LogP contribution is 2.14. The molecule has 0 aromatic carbocycles. The lowest BCUT2D eigenvalue weighted by molar-refractivity contribution is 0.558. The predicted molar refractivity (Wildman–Crippen MR) is 256 cm³/mol. The minimum Gasteiger partial charge on any atom is -0.229 e. The van der Waals surface area contributed by atoms with E-state index in [0.717, 1.165) is 89.9 Å².